The van der Waals surface area contributed by atoms with E-state index in [0.717, 1.165) is 17.8 Å². The van der Waals surface area contributed by atoms with Gasteiger partial charge >= 0.3 is 0 Å². The molecule has 0 saturated carbocycles. The van der Waals surface area contributed by atoms with Gasteiger partial charge in [0.25, 0.3) is 5.89 Å². The third-order valence-electron chi connectivity index (χ3n) is 5.70. The highest BCUT2D eigenvalue weighted by Crippen LogP contribution is 2.34. The van der Waals surface area contributed by atoms with Crippen molar-refractivity contribution in [1.82, 2.24) is 25.5 Å². The molecule has 0 aliphatic carbocycles. The van der Waals surface area contributed by atoms with Gasteiger partial charge in [-0.2, -0.15) is 4.98 Å². The minimum Gasteiger partial charge on any atom is -0.398 e. The van der Waals surface area contributed by atoms with Crippen LogP contribution in [-0.2, 0) is 12.0 Å². The van der Waals surface area contributed by atoms with Crippen molar-refractivity contribution in [1.29, 1.82) is 0 Å². The van der Waals surface area contributed by atoms with Crippen LogP contribution in [0.1, 0.15) is 31.3 Å². The molecule has 162 valence electrons. The molecule has 1 atom stereocenters. The van der Waals surface area contributed by atoms with Crippen LogP contribution >= 0.6 is 0 Å². The number of nitrogens with one attached hydrogen (secondary N) is 2. The first-order valence-corrected chi connectivity index (χ1v) is 10.2. The Morgan fingerprint density at radius 3 is 2.90 bits per heavy atom. The second-order valence-corrected chi connectivity index (χ2v) is 7.51. The van der Waals surface area contributed by atoms with Crippen molar-refractivity contribution >= 4 is 23.0 Å². The Balaban J connectivity index is 1.56. The van der Waals surface area contributed by atoms with Crippen LogP contribution in [-0.4, -0.2) is 33.7 Å². The number of hydrogen-bond acceptors (Lipinski definition) is 10. The quantitative estimate of drug-likeness (QED) is 0.400. The maximum Gasteiger partial charge on any atom is 0.261 e. The molecule has 10 nitrogen and oxygen atoms in total. The third-order valence-corrected chi connectivity index (χ3v) is 5.70. The lowest BCUT2D eigenvalue weighted by Crippen LogP contribution is -2.27. The molecule has 0 aromatic carbocycles. The van der Waals surface area contributed by atoms with Crippen LogP contribution < -0.4 is 27.2 Å². The van der Waals surface area contributed by atoms with Gasteiger partial charge in [-0.1, -0.05) is 18.2 Å². The fourth-order valence-electron chi connectivity index (χ4n) is 3.70. The van der Waals surface area contributed by atoms with Crippen molar-refractivity contribution in [3.05, 3.63) is 48.6 Å². The van der Waals surface area contributed by atoms with Crippen LogP contribution in [0.3, 0.4) is 0 Å². The number of aromatic nitrogens is 4. The van der Waals surface area contributed by atoms with Crippen LogP contribution in [0.15, 0.2) is 41.6 Å². The number of nitrogens with two attached hydrogens (primary N) is 2. The summed E-state index contributed by atoms with van der Waals surface area (Å²) in [4.78, 5) is 13.6. The zero-order chi connectivity index (χ0) is 22.0. The molecule has 31 heavy (non-hydrogen) atoms. The number of anilines is 4. The van der Waals surface area contributed by atoms with E-state index in [2.05, 4.69) is 37.4 Å². The number of rotatable bonds is 8. The second kappa shape index (κ2) is 8.32. The Morgan fingerprint density at radius 2 is 2.19 bits per heavy atom. The Morgan fingerprint density at radius 1 is 1.35 bits per heavy atom. The Labute approximate surface area is 180 Å². The van der Waals surface area contributed by atoms with Crippen molar-refractivity contribution in [3.8, 4) is 11.5 Å². The van der Waals surface area contributed by atoms with Gasteiger partial charge in [-0.05, 0) is 31.5 Å². The summed E-state index contributed by atoms with van der Waals surface area (Å²) in [7, 11) is 1.96. The highest BCUT2D eigenvalue weighted by Gasteiger charge is 2.32. The van der Waals surface area contributed by atoms with E-state index in [4.69, 9.17) is 16.0 Å². The molecule has 4 heterocycles. The maximum absolute atomic E-state index is 6.27. The van der Waals surface area contributed by atoms with Gasteiger partial charge < -0.3 is 26.3 Å². The lowest BCUT2D eigenvalue weighted by Gasteiger charge is -2.24. The Bertz CT molecular complexity index is 1100. The van der Waals surface area contributed by atoms with Gasteiger partial charge in [0, 0.05) is 25.0 Å². The molecule has 1 unspecified atom stereocenters. The molecule has 0 amide bonds. The number of nitrogens with zero attached hydrogens (tertiary/aromatic N) is 5. The Kier molecular flexibility index (Phi) is 5.57. The highest BCUT2D eigenvalue weighted by atomic mass is 16.5. The van der Waals surface area contributed by atoms with E-state index in [1.807, 2.05) is 37.2 Å². The van der Waals surface area contributed by atoms with Gasteiger partial charge in [0.15, 0.2) is 5.82 Å². The number of allylic oxidation sites excluding steroid dienone is 1. The topological polar surface area (TPSA) is 144 Å². The van der Waals surface area contributed by atoms with Crippen LogP contribution in [0.2, 0.25) is 0 Å². The number of hydrogen-bond donors (Lipinski definition) is 4. The molecule has 0 spiro atoms. The van der Waals surface area contributed by atoms with Crippen LogP contribution in [0.4, 0.5) is 23.0 Å². The number of hydrazine groups is 1. The summed E-state index contributed by atoms with van der Waals surface area (Å²) in [5.74, 6) is 2.13. The zero-order valence-electron chi connectivity index (χ0n) is 17.7. The summed E-state index contributed by atoms with van der Waals surface area (Å²) in [6, 6.07) is 5.62. The van der Waals surface area contributed by atoms with Gasteiger partial charge in [0.05, 0.1) is 28.9 Å². The number of nitrogen functional groups attached to an aromatic ring is 1. The number of fused-ring (bicyclic) bond motifs is 1. The molecular weight excluding hydrogens is 394 g/mol. The van der Waals surface area contributed by atoms with E-state index in [9.17, 15) is 0 Å². The molecule has 0 fully saturated rings. The maximum atomic E-state index is 6.27. The van der Waals surface area contributed by atoms with E-state index in [-0.39, 0.29) is 0 Å². The van der Waals surface area contributed by atoms with Crippen molar-refractivity contribution in [3.63, 3.8) is 0 Å². The number of pyridine rings is 2. The third kappa shape index (κ3) is 3.82. The Hall–Kier alpha value is -3.50. The van der Waals surface area contributed by atoms with E-state index >= 15 is 0 Å². The molecule has 1 aliphatic heterocycles. The van der Waals surface area contributed by atoms with Crippen molar-refractivity contribution in [2.45, 2.75) is 31.7 Å². The molecule has 4 rings (SSSR count). The minimum absolute atomic E-state index is 0.313. The minimum atomic E-state index is -0.428. The highest BCUT2D eigenvalue weighted by molar-refractivity contribution is 5.73. The molecule has 3 aromatic rings. The van der Waals surface area contributed by atoms with Gasteiger partial charge in [-0.15, -0.1) is 6.58 Å². The summed E-state index contributed by atoms with van der Waals surface area (Å²) in [5.41, 5.74) is 17.9. The van der Waals surface area contributed by atoms with E-state index in [1.54, 1.807) is 12.3 Å². The predicted octanol–water partition coefficient (Wildman–Crippen LogP) is 2.49. The molecule has 10 heteroatoms. The lowest BCUT2D eigenvalue weighted by molar-refractivity contribution is 0.384. The summed E-state index contributed by atoms with van der Waals surface area (Å²) < 4.78 is 5.49. The molecule has 0 saturated heterocycles. The molecular formula is C21H27N9O. The average molecular weight is 422 g/mol. The summed E-state index contributed by atoms with van der Waals surface area (Å²) in [6.45, 7) is 7.17. The first kappa shape index (κ1) is 20.8. The fraction of sp³-hybridized carbons (Fsp3) is 0.333. The van der Waals surface area contributed by atoms with Gasteiger partial charge in [0.1, 0.15) is 11.6 Å². The largest absolute Gasteiger partial charge is 0.398 e. The van der Waals surface area contributed by atoms with Crippen LogP contribution in [0.25, 0.3) is 11.5 Å². The van der Waals surface area contributed by atoms with E-state index in [0.29, 0.717) is 54.1 Å². The smallest absolute Gasteiger partial charge is 0.261 e. The molecule has 6 N–H and O–H groups in total. The van der Waals surface area contributed by atoms with Crippen molar-refractivity contribution in [2.75, 3.05) is 29.7 Å². The standard InChI is InChI=1S/C21H27N9O/c1-4-21(5-2,8-9-22)20-28-19(31-29-20)13-11-24-18(10-14(13)23)27-17-7-6-16-15(26-17)12-25-30(16)3/h4,6-7,10-11,25H,1,5,8-9,12,22H2,2-3H3,(H3,23,24,26,27). The average Bonchev–Trinajstić information content (AvgIpc) is 3.40. The second-order valence-electron chi connectivity index (χ2n) is 7.51. The molecule has 0 radical (unpaired) electrons. The van der Waals surface area contributed by atoms with Gasteiger partial charge in [0.2, 0.25) is 0 Å². The molecule has 0 bridgehead atoms. The van der Waals surface area contributed by atoms with Crippen molar-refractivity contribution in [2.24, 2.45) is 5.73 Å². The summed E-state index contributed by atoms with van der Waals surface area (Å²) in [6.07, 6.45) is 4.89. The zero-order valence-corrected chi connectivity index (χ0v) is 17.7. The van der Waals surface area contributed by atoms with E-state index in [1.165, 1.54) is 0 Å². The van der Waals surface area contributed by atoms with Gasteiger partial charge in [-0.25, -0.2) is 15.4 Å². The first-order valence-electron chi connectivity index (χ1n) is 10.2. The monoisotopic (exact) mass is 421 g/mol. The predicted molar refractivity (Wildman–Crippen MR) is 121 cm³/mol. The fourth-order valence-corrected chi connectivity index (χ4v) is 3.70. The SMILES string of the molecule is C=CC(CC)(CCN)c1noc(-c2cnc(Nc3ccc4c(n3)CNN4C)cc2N)n1. The van der Waals surface area contributed by atoms with Crippen molar-refractivity contribution < 1.29 is 4.52 Å². The summed E-state index contributed by atoms with van der Waals surface area (Å²) in [5, 5.41) is 9.30. The van der Waals surface area contributed by atoms with Crippen LogP contribution in [0, 0.1) is 0 Å². The molecule has 3 aromatic heterocycles. The lowest BCUT2D eigenvalue weighted by atomic mass is 9.81. The van der Waals surface area contributed by atoms with E-state index < -0.39 is 5.41 Å². The first-order chi connectivity index (χ1) is 15.0. The summed E-state index contributed by atoms with van der Waals surface area (Å²) >= 11 is 0. The normalized spacial score (nSPS) is 14.9. The van der Waals surface area contributed by atoms with Gasteiger partial charge in [-0.3, -0.25) is 0 Å². The van der Waals surface area contributed by atoms with Crippen LogP contribution in [0.5, 0.6) is 0 Å². The molecule has 1 aliphatic rings.